The Bertz CT molecular complexity index is 190. The fourth-order valence-corrected chi connectivity index (χ4v) is 0.960. The van der Waals surface area contributed by atoms with Gasteiger partial charge < -0.3 is 5.73 Å². The van der Waals surface area contributed by atoms with Crippen LogP contribution >= 0.6 is 0 Å². The standard InChI is InChI=1S/C6H9N3O/c7-4-9-5(10)6(8)2-1-3-6/h1-3,8H2,(H,9,10). The number of carbonyl (C=O) groups is 1. The Kier molecular flexibility index (Phi) is 1.60. The zero-order valence-electron chi connectivity index (χ0n) is 5.55. The summed E-state index contributed by atoms with van der Waals surface area (Å²) in [5, 5.41) is 10.1. The van der Waals surface area contributed by atoms with Crippen LogP contribution in [0.2, 0.25) is 0 Å². The number of hydrogen-bond donors (Lipinski definition) is 2. The summed E-state index contributed by atoms with van der Waals surface area (Å²) in [5.41, 5.74) is 4.83. The van der Waals surface area contributed by atoms with Gasteiger partial charge >= 0.3 is 0 Å². The van der Waals surface area contributed by atoms with Gasteiger partial charge in [0.15, 0.2) is 6.19 Å². The number of nitrogens with two attached hydrogens (primary N) is 1. The van der Waals surface area contributed by atoms with Crippen LogP contribution in [0, 0.1) is 11.5 Å². The van der Waals surface area contributed by atoms with E-state index in [0.29, 0.717) is 12.8 Å². The molecule has 1 rings (SSSR count). The van der Waals surface area contributed by atoms with Gasteiger partial charge in [0.05, 0.1) is 5.54 Å². The van der Waals surface area contributed by atoms with Crippen molar-refractivity contribution in [1.82, 2.24) is 5.32 Å². The Hall–Kier alpha value is -1.08. The van der Waals surface area contributed by atoms with E-state index >= 15 is 0 Å². The first kappa shape index (κ1) is 7.03. The number of hydrogen-bond acceptors (Lipinski definition) is 3. The molecule has 0 saturated heterocycles. The topological polar surface area (TPSA) is 78.9 Å². The Morgan fingerprint density at radius 1 is 1.70 bits per heavy atom. The van der Waals surface area contributed by atoms with Gasteiger partial charge in [-0.05, 0) is 19.3 Å². The molecule has 1 saturated carbocycles. The Balaban J connectivity index is 2.49. The van der Waals surface area contributed by atoms with Crippen molar-refractivity contribution in [2.45, 2.75) is 24.8 Å². The predicted molar refractivity (Wildman–Crippen MR) is 34.5 cm³/mol. The van der Waals surface area contributed by atoms with E-state index in [4.69, 9.17) is 11.0 Å². The Morgan fingerprint density at radius 2 is 2.30 bits per heavy atom. The molecule has 0 bridgehead atoms. The van der Waals surface area contributed by atoms with Crippen molar-refractivity contribution in [3.8, 4) is 6.19 Å². The summed E-state index contributed by atoms with van der Waals surface area (Å²) in [6.07, 6.45) is 3.93. The molecule has 0 aromatic heterocycles. The van der Waals surface area contributed by atoms with Crippen molar-refractivity contribution in [3.05, 3.63) is 0 Å². The number of rotatable bonds is 1. The van der Waals surface area contributed by atoms with Gasteiger partial charge in [-0.15, -0.1) is 0 Å². The second-order valence-corrected chi connectivity index (χ2v) is 2.58. The zero-order chi connectivity index (χ0) is 7.61. The average Bonchev–Trinajstić information content (AvgIpc) is 1.83. The van der Waals surface area contributed by atoms with E-state index < -0.39 is 5.54 Å². The van der Waals surface area contributed by atoms with E-state index in [1.165, 1.54) is 0 Å². The summed E-state index contributed by atoms with van der Waals surface area (Å²) >= 11 is 0. The normalized spacial score (nSPS) is 20.4. The smallest absolute Gasteiger partial charge is 0.253 e. The highest BCUT2D eigenvalue weighted by molar-refractivity contribution is 5.88. The molecule has 1 aliphatic rings. The minimum atomic E-state index is -0.740. The van der Waals surface area contributed by atoms with E-state index in [9.17, 15) is 4.79 Å². The summed E-state index contributed by atoms with van der Waals surface area (Å²) in [4.78, 5) is 10.9. The first-order chi connectivity index (χ1) is 4.69. The van der Waals surface area contributed by atoms with Gasteiger partial charge in [-0.3, -0.25) is 10.1 Å². The molecule has 4 nitrogen and oxygen atoms in total. The highest BCUT2D eigenvalue weighted by Crippen LogP contribution is 2.28. The van der Waals surface area contributed by atoms with E-state index in [-0.39, 0.29) is 5.91 Å². The molecule has 0 aromatic carbocycles. The molecule has 1 fully saturated rings. The van der Waals surface area contributed by atoms with Crippen LogP contribution in [0.1, 0.15) is 19.3 Å². The SMILES string of the molecule is N#CNC(=O)C1(N)CCC1. The van der Waals surface area contributed by atoms with E-state index in [1.807, 2.05) is 5.32 Å². The van der Waals surface area contributed by atoms with Crippen LogP contribution in [0.25, 0.3) is 0 Å². The molecule has 0 aromatic rings. The van der Waals surface area contributed by atoms with E-state index in [1.54, 1.807) is 6.19 Å². The first-order valence-corrected chi connectivity index (χ1v) is 3.17. The molecule has 0 aliphatic heterocycles. The maximum Gasteiger partial charge on any atom is 0.253 e. The van der Waals surface area contributed by atoms with E-state index in [2.05, 4.69) is 0 Å². The lowest BCUT2D eigenvalue weighted by molar-refractivity contribution is -0.128. The van der Waals surface area contributed by atoms with Crippen molar-refractivity contribution >= 4 is 5.91 Å². The maximum atomic E-state index is 10.9. The molecular formula is C6H9N3O. The van der Waals surface area contributed by atoms with Crippen molar-refractivity contribution < 1.29 is 4.79 Å². The molecule has 10 heavy (non-hydrogen) atoms. The van der Waals surface area contributed by atoms with Crippen LogP contribution in [-0.2, 0) is 4.79 Å². The van der Waals surface area contributed by atoms with Gasteiger partial charge in [0.2, 0.25) is 0 Å². The molecule has 0 atom stereocenters. The summed E-state index contributed by atoms with van der Waals surface area (Å²) in [5.74, 6) is -0.346. The van der Waals surface area contributed by atoms with Gasteiger partial charge in [0.25, 0.3) is 5.91 Å². The highest BCUT2D eigenvalue weighted by Gasteiger charge is 2.39. The van der Waals surface area contributed by atoms with Crippen LogP contribution in [-0.4, -0.2) is 11.4 Å². The van der Waals surface area contributed by atoms with Crippen LogP contribution in [0.3, 0.4) is 0 Å². The second kappa shape index (κ2) is 2.27. The number of amides is 1. The quantitative estimate of drug-likeness (QED) is 0.378. The summed E-state index contributed by atoms with van der Waals surface area (Å²) in [7, 11) is 0. The lowest BCUT2D eigenvalue weighted by Crippen LogP contribution is -2.57. The molecule has 0 unspecified atom stereocenters. The van der Waals surface area contributed by atoms with Gasteiger partial charge in [0, 0.05) is 0 Å². The van der Waals surface area contributed by atoms with Crippen molar-refractivity contribution in [1.29, 1.82) is 5.26 Å². The van der Waals surface area contributed by atoms with Crippen molar-refractivity contribution in [2.75, 3.05) is 0 Å². The average molecular weight is 139 g/mol. The van der Waals surface area contributed by atoms with E-state index in [0.717, 1.165) is 6.42 Å². The molecule has 4 heteroatoms. The van der Waals surface area contributed by atoms with Gasteiger partial charge in [0.1, 0.15) is 0 Å². The van der Waals surface area contributed by atoms with Gasteiger partial charge in [-0.25, -0.2) is 0 Å². The third-order valence-corrected chi connectivity index (χ3v) is 1.87. The number of nitrogens with one attached hydrogen (secondary N) is 1. The lowest BCUT2D eigenvalue weighted by atomic mass is 9.77. The van der Waals surface area contributed by atoms with Gasteiger partial charge in [-0.2, -0.15) is 5.26 Å². The van der Waals surface area contributed by atoms with Crippen LogP contribution in [0.5, 0.6) is 0 Å². The maximum absolute atomic E-state index is 10.9. The summed E-state index contributed by atoms with van der Waals surface area (Å²) in [6.45, 7) is 0. The fourth-order valence-electron chi connectivity index (χ4n) is 0.960. The molecule has 0 radical (unpaired) electrons. The molecule has 54 valence electrons. The third kappa shape index (κ3) is 0.957. The van der Waals surface area contributed by atoms with Crippen LogP contribution in [0.4, 0.5) is 0 Å². The molecule has 1 amide bonds. The zero-order valence-corrected chi connectivity index (χ0v) is 5.55. The monoisotopic (exact) mass is 139 g/mol. The molecule has 0 heterocycles. The van der Waals surface area contributed by atoms with Crippen molar-refractivity contribution in [2.24, 2.45) is 5.73 Å². The number of nitrogens with zero attached hydrogens (tertiary/aromatic N) is 1. The van der Waals surface area contributed by atoms with Crippen LogP contribution < -0.4 is 11.1 Å². The molecule has 0 spiro atoms. The second-order valence-electron chi connectivity index (χ2n) is 2.58. The third-order valence-electron chi connectivity index (χ3n) is 1.87. The molecule has 3 N–H and O–H groups in total. The number of carbonyl (C=O) groups excluding carboxylic acids is 1. The van der Waals surface area contributed by atoms with Crippen LogP contribution in [0.15, 0.2) is 0 Å². The Morgan fingerprint density at radius 3 is 2.60 bits per heavy atom. The minimum absolute atomic E-state index is 0.346. The molecule has 1 aliphatic carbocycles. The summed E-state index contributed by atoms with van der Waals surface area (Å²) in [6, 6.07) is 0. The number of nitriles is 1. The minimum Gasteiger partial charge on any atom is -0.317 e. The largest absolute Gasteiger partial charge is 0.317 e. The predicted octanol–water partition coefficient (Wildman–Crippen LogP) is -0.535. The summed E-state index contributed by atoms with van der Waals surface area (Å²) < 4.78 is 0. The van der Waals surface area contributed by atoms with Crippen molar-refractivity contribution in [3.63, 3.8) is 0 Å². The fraction of sp³-hybridized carbons (Fsp3) is 0.667. The highest BCUT2D eigenvalue weighted by atomic mass is 16.2. The molecular weight excluding hydrogens is 130 g/mol. The Labute approximate surface area is 59.0 Å². The lowest BCUT2D eigenvalue weighted by Gasteiger charge is -2.34. The first-order valence-electron chi connectivity index (χ1n) is 3.17. The van der Waals surface area contributed by atoms with Gasteiger partial charge in [-0.1, -0.05) is 0 Å².